The monoisotopic (exact) mass is 311 g/mol. The molecule has 0 bridgehead atoms. The zero-order valence-corrected chi connectivity index (χ0v) is 13.2. The second-order valence-corrected chi connectivity index (χ2v) is 5.85. The molecule has 1 rings (SSSR count). The lowest BCUT2D eigenvalue weighted by molar-refractivity contribution is 0.0934. The molecule has 100 valence electrons. The van der Waals surface area contributed by atoms with Crippen LogP contribution in [0.25, 0.3) is 0 Å². The van der Waals surface area contributed by atoms with E-state index in [-0.39, 0.29) is 11.9 Å². The van der Waals surface area contributed by atoms with Gasteiger partial charge < -0.3 is 5.32 Å². The molecule has 2 unspecified atom stereocenters. The fourth-order valence-electron chi connectivity index (χ4n) is 1.95. The van der Waals surface area contributed by atoms with Crippen molar-refractivity contribution in [2.24, 2.45) is 5.92 Å². The molecule has 18 heavy (non-hydrogen) atoms. The Hall–Kier alpha value is -0.830. The van der Waals surface area contributed by atoms with Gasteiger partial charge in [-0.15, -0.1) is 0 Å². The third kappa shape index (κ3) is 4.13. The first-order valence-electron chi connectivity index (χ1n) is 6.51. The van der Waals surface area contributed by atoms with Gasteiger partial charge >= 0.3 is 0 Å². The SMILES string of the molecule is CCC(C)CC(C)NC(=O)c1cccc(C)c1Br. The second kappa shape index (κ2) is 6.93. The first kappa shape index (κ1) is 15.2. The Balaban J connectivity index is 2.68. The van der Waals surface area contributed by atoms with Crippen LogP contribution in [0.15, 0.2) is 22.7 Å². The largest absolute Gasteiger partial charge is 0.350 e. The summed E-state index contributed by atoms with van der Waals surface area (Å²) in [5.41, 5.74) is 1.79. The van der Waals surface area contributed by atoms with Gasteiger partial charge in [-0.05, 0) is 53.7 Å². The predicted octanol–water partition coefficient (Wildman–Crippen LogP) is 4.31. The number of rotatable bonds is 5. The van der Waals surface area contributed by atoms with E-state index in [1.54, 1.807) is 0 Å². The predicted molar refractivity (Wildman–Crippen MR) is 79.9 cm³/mol. The molecule has 2 atom stereocenters. The van der Waals surface area contributed by atoms with Gasteiger partial charge in [0.25, 0.3) is 5.91 Å². The van der Waals surface area contributed by atoms with Gasteiger partial charge in [-0.25, -0.2) is 0 Å². The number of amides is 1. The van der Waals surface area contributed by atoms with E-state index in [9.17, 15) is 4.79 Å². The first-order valence-corrected chi connectivity index (χ1v) is 7.31. The van der Waals surface area contributed by atoms with E-state index in [1.165, 1.54) is 0 Å². The number of carbonyl (C=O) groups excluding carboxylic acids is 1. The van der Waals surface area contributed by atoms with Gasteiger partial charge in [0.1, 0.15) is 0 Å². The van der Waals surface area contributed by atoms with Crippen LogP contribution in [0.5, 0.6) is 0 Å². The zero-order chi connectivity index (χ0) is 13.7. The standard InChI is InChI=1S/C15H22BrNO/c1-5-10(2)9-12(4)17-15(18)13-8-6-7-11(3)14(13)16/h6-8,10,12H,5,9H2,1-4H3,(H,17,18). The molecule has 0 fully saturated rings. The van der Waals surface area contributed by atoms with Crippen molar-refractivity contribution in [3.05, 3.63) is 33.8 Å². The molecule has 1 aromatic carbocycles. The maximum atomic E-state index is 12.2. The highest BCUT2D eigenvalue weighted by atomic mass is 79.9. The van der Waals surface area contributed by atoms with Gasteiger partial charge in [-0.1, -0.05) is 32.4 Å². The van der Waals surface area contributed by atoms with Crippen LogP contribution >= 0.6 is 15.9 Å². The minimum absolute atomic E-state index is 0.00128. The van der Waals surface area contributed by atoms with Gasteiger partial charge in [0.2, 0.25) is 0 Å². The molecule has 0 saturated carbocycles. The Morgan fingerprint density at radius 1 is 1.39 bits per heavy atom. The second-order valence-electron chi connectivity index (χ2n) is 5.06. The van der Waals surface area contributed by atoms with Gasteiger partial charge in [0.05, 0.1) is 5.56 Å². The van der Waals surface area contributed by atoms with Crippen molar-refractivity contribution in [2.45, 2.75) is 46.6 Å². The normalized spacial score (nSPS) is 14.1. The molecular formula is C15H22BrNO. The highest BCUT2D eigenvalue weighted by Gasteiger charge is 2.14. The molecule has 0 aliphatic rings. The van der Waals surface area contributed by atoms with E-state index in [4.69, 9.17) is 0 Å². The highest BCUT2D eigenvalue weighted by Crippen LogP contribution is 2.21. The van der Waals surface area contributed by atoms with Crippen LogP contribution in [-0.2, 0) is 0 Å². The van der Waals surface area contributed by atoms with Crippen molar-refractivity contribution in [2.75, 3.05) is 0 Å². The van der Waals surface area contributed by atoms with Crippen molar-refractivity contribution in [1.29, 1.82) is 0 Å². The summed E-state index contributed by atoms with van der Waals surface area (Å²) in [5.74, 6) is 0.641. The lowest BCUT2D eigenvalue weighted by atomic mass is 10.00. The number of hydrogen-bond acceptors (Lipinski definition) is 1. The average Bonchev–Trinajstić information content (AvgIpc) is 2.32. The molecular weight excluding hydrogens is 290 g/mol. The molecule has 0 spiro atoms. The third-order valence-electron chi connectivity index (χ3n) is 3.27. The minimum atomic E-state index is 0.00128. The van der Waals surface area contributed by atoms with Crippen LogP contribution in [0.1, 0.15) is 49.5 Å². The molecule has 0 heterocycles. The number of benzene rings is 1. The van der Waals surface area contributed by atoms with E-state index in [0.717, 1.165) is 22.9 Å². The van der Waals surface area contributed by atoms with Crippen molar-refractivity contribution in [3.8, 4) is 0 Å². The summed E-state index contributed by atoms with van der Waals surface area (Å²) in [6.07, 6.45) is 2.17. The topological polar surface area (TPSA) is 29.1 Å². The fraction of sp³-hybridized carbons (Fsp3) is 0.533. The molecule has 0 saturated heterocycles. The molecule has 2 nitrogen and oxygen atoms in total. The summed E-state index contributed by atoms with van der Waals surface area (Å²) in [6, 6.07) is 5.96. The highest BCUT2D eigenvalue weighted by molar-refractivity contribution is 9.10. The minimum Gasteiger partial charge on any atom is -0.350 e. The molecule has 0 radical (unpaired) electrons. The van der Waals surface area contributed by atoms with Crippen LogP contribution in [0, 0.1) is 12.8 Å². The van der Waals surface area contributed by atoms with Gasteiger partial charge in [0.15, 0.2) is 0 Å². The van der Waals surface area contributed by atoms with Crippen molar-refractivity contribution < 1.29 is 4.79 Å². The van der Waals surface area contributed by atoms with Crippen LogP contribution in [0.3, 0.4) is 0 Å². The Morgan fingerprint density at radius 2 is 2.06 bits per heavy atom. The lowest BCUT2D eigenvalue weighted by Crippen LogP contribution is -2.34. The summed E-state index contributed by atoms with van der Waals surface area (Å²) in [5, 5.41) is 3.06. The molecule has 0 aromatic heterocycles. The molecule has 1 amide bonds. The van der Waals surface area contributed by atoms with Crippen LogP contribution in [0.2, 0.25) is 0 Å². The Labute approximate surface area is 118 Å². The maximum absolute atomic E-state index is 12.2. The lowest BCUT2D eigenvalue weighted by Gasteiger charge is -2.18. The van der Waals surface area contributed by atoms with Crippen LogP contribution in [0.4, 0.5) is 0 Å². The van der Waals surface area contributed by atoms with E-state index in [2.05, 4.69) is 42.0 Å². The van der Waals surface area contributed by atoms with Gasteiger partial charge in [-0.3, -0.25) is 4.79 Å². The van der Waals surface area contributed by atoms with Crippen LogP contribution in [-0.4, -0.2) is 11.9 Å². The fourth-order valence-corrected chi connectivity index (χ4v) is 2.40. The average molecular weight is 312 g/mol. The maximum Gasteiger partial charge on any atom is 0.252 e. The smallest absolute Gasteiger partial charge is 0.252 e. The molecule has 3 heteroatoms. The summed E-state index contributed by atoms with van der Waals surface area (Å²) in [4.78, 5) is 12.2. The number of nitrogens with one attached hydrogen (secondary N) is 1. The summed E-state index contributed by atoms with van der Waals surface area (Å²) in [7, 11) is 0. The van der Waals surface area contributed by atoms with E-state index in [0.29, 0.717) is 11.5 Å². The Bertz CT molecular complexity index is 417. The number of halogens is 1. The van der Waals surface area contributed by atoms with E-state index >= 15 is 0 Å². The number of carbonyl (C=O) groups is 1. The van der Waals surface area contributed by atoms with Crippen LogP contribution < -0.4 is 5.32 Å². The van der Waals surface area contributed by atoms with E-state index in [1.807, 2.05) is 25.1 Å². The molecule has 0 aliphatic carbocycles. The molecule has 1 N–H and O–H groups in total. The van der Waals surface area contributed by atoms with Crippen molar-refractivity contribution in [3.63, 3.8) is 0 Å². The number of aryl methyl sites for hydroxylation is 1. The van der Waals surface area contributed by atoms with Crippen molar-refractivity contribution >= 4 is 21.8 Å². The molecule has 1 aromatic rings. The van der Waals surface area contributed by atoms with Gasteiger partial charge in [0, 0.05) is 10.5 Å². The number of hydrogen-bond donors (Lipinski definition) is 1. The molecule has 0 aliphatic heterocycles. The summed E-state index contributed by atoms with van der Waals surface area (Å²) in [6.45, 7) is 8.44. The zero-order valence-electron chi connectivity index (χ0n) is 11.6. The van der Waals surface area contributed by atoms with Crippen molar-refractivity contribution in [1.82, 2.24) is 5.32 Å². The Kier molecular flexibility index (Phi) is 5.86. The third-order valence-corrected chi connectivity index (χ3v) is 4.32. The summed E-state index contributed by atoms with van der Waals surface area (Å²) < 4.78 is 0.887. The first-order chi connectivity index (χ1) is 8.45. The van der Waals surface area contributed by atoms with Gasteiger partial charge in [-0.2, -0.15) is 0 Å². The summed E-state index contributed by atoms with van der Waals surface area (Å²) >= 11 is 3.47. The Morgan fingerprint density at radius 3 is 2.67 bits per heavy atom. The van der Waals surface area contributed by atoms with E-state index < -0.39 is 0 Å². The quantitative estimate of drug-likeness (QED) is 0.862.